The summed E-state index contributed by atoms with van der Waals surface area (Å²) in [6.07, 6.45) is 0. The van der Waals surface area contributed by atoms with E-state index in [2.05, 4.69) is 16.2 Å². The first kappa shape index (κ1) is 18.9. The van der Waals surface area contributed by atoms with Crippen LogP contribution in [0.5, 0.6) is 0 Å². The molecule has 0 aromatic heterocycles. The van der Waals surface area contributed by atoms with Gasteiger partial charge in [-0.2, -0.15) is 0 Å². The summed E-state index contributed by atoms with van der Waals surface area (Å²) in [4.78, 5) is 24.1. The summed E-state index contributed by atoms with van der Waals surface area (Å²) in [6.45, 7) is 0. The van der Waals surface area contributed by atoms with E-state index >= 15 is 0 Å². The number of hydrogen-bond donors (Lipinski definition) is 3. The molecule has 2 aromatic carbocycles. The van der Waals surface area contributed by atoms with E-state index in [0.717, 1.165) is 3.57 Å². The molecule has 2 aromatic rings. The van der Waals surface area contributed by atoms with Crippen LogP contribution in [0.4, 0.5) is 0 Å². The summed E-state index contributed by atoms with van der Waals surface area (Å²) in [5.41, 5.74) is 5.51. The van der Waals surface area contributed by atoms with Crippen LogP contribution in [0.1, 0.15) is 20.7 Å². The molecule has 24 heavy (non-hydrogen) atoms. The van der Waals surface area contributed by atoms with Crippen molar-refractivity contribution < 1.29 is 9.59 Å². The van der Waals surface area contributed by atoms with Crippen molar-refractivity contribution in [1.29, 1.82) is 0 Å². The molecule has 0 unspecified atom stereocenters. The van der Waals surface area contributed by atoms with Gasteiger partial charge in [0.25, 0.3) is 11.8 Å². The lowest BCUT2D eigenvalue weighted by molar-refractivity contribution is 0.0934. The molecule has 0 bridgehead atoms. The van der Waals surface area contributed by atoms with E-state index in [9.17, 15) is 9.59 Å². The van der Waals surface area contributed by atoms with Gasteiger partial charge in [0.05, 0.1) is 16.1 Å². The number of hydrazine groups is 1. The molecular weight excluding hydrogens is 484 g/mol. The summed E-state index contributed by atoms with van der Waals surface area (Å²) in [7, 11) is 0. The summed E-state index contributed by atoms with van der Waals surface area (Å²) in [5.74, 6) is -0.890. The Bertz CT molecular complexity index is 817. The maximum Gasteiger partial charge on any atom is 0.271 e. The molecule has 0 radical (unpaired) electrons. The molecular formula is C15H10Cl2IN3O2S. The molecule has 0 fully saturated rings. The molecule has 0 atom stereocenters. The summed E-state index contributed by atoms with van der Waals surface area (Å²) in [6, 6.07) is 11.5. The Morgan fingerprint density at radius 2 is 1.67 bits per heavy atom. The molecule has 124 valence electrons. The Kier molecular flexibility index (Phi) is 6.79. The highest BCUT2D eigenvalue weighted by atomic mass is 127. The molecule has 0 spiro atoms. The van der Waals surface area contributed by atoms with E-state index in [4.69, 9.17) is 35.4 Å². The number of halogens is 3. The highest BCUT2D eigenvalue weighted by Crippen LogP contribution is 2.20. The van der Waals surface area contributed by atoms with Crippen molar-refractivity contribution in [3.8, 4) is 0 Å². The standard InChI is InChI=1S/C15H10Cl2IN3O2S/c16-8-5-6-9(11(17)7-8)14(23)20-21-15(24)19-13(22)10-3-1-2-4-12(10)18/h1-7H,(H,20,23)(H2,19,21,22,24). The SMILES string of the molecule is O=C(NNC(=S)NC(=O)c1ccccc1I)c1ccc(Cl)cc1Cl. The van der Waals surface area contributed by atoms with Crippen LogP contribution in [0.2, 0.25) is 10.0 Å². The quantitative estimate of drug-likeness (QED) is 0.340. The summed E-state index contributed by atoms with van der Waals surface area (Å²) in [5, 5.41) is 3.06. The predicted octanol–water partition coefficient (Wildman–Crippen LogP) is 3.55. The van der Waals surface area contributed by atoms with Crippen molar-refractivity contribution in [2.75, 3.05) is 0 Å². The van der Waals surface area contributed by atoms with Gasteiger partial charge in [0.2, 0.25) is 0 Å². The first-order valence-electron chi connectivity index (χ1n) is 6.49. The van der Waals surface area contributed by atoms with Crippen LogP contribution in [-0.2, 0) is 0 Å². The van der Waals surface area contributed by atoms with Crippen molar-refractivity contribution in [3.63, 3.8) is 0 Å². The van der Waals surface area contributed by atoms with E-state index in [1.165, 1.54) is 12.1 Å². The van der Waals surface area contributed by atoms with Gasteiger partial charge in [-0.15, -0.1) is 0 Å². The average Bonchev–Trinajstić information content (AvgIpc) is 2.53. The van der Waals surface area contributed by atoms with Crippen LogP contribution in [0.15, 0.2) is 42.5 Å². The van der Waals surface area contributed by atoms with E-state index in [0.29, 0.717) is 10.6 Å². The molecule has 0 saturated heterocycles. The Morgan fingerprint density at radius 3 is 2.33 bits per heavy atom. The lowest BCUT2D eigenvalue weighted by atomic mass is 10.2. The Hall–Kier alpha value is -1.42. The second kappa shape index (κ2) is 8.61. The zero-order valence-electron chi connectivity index (χ0n) is 11.9. The normalized spacial score (nSPS) is 9.96. The first-order chi connectivity index (χ1) is 11.4. The van der Waals surface area contributed by atoms with Gasteiger partial charge in [0, 0.05) is 8.59 Å². The van der Waals surface area contributed by atoms with Gasteiger partial charge in [-0.05, 0) is 65.1 Å². The van der Waals surface area contributed by atoms with Crippen molar-refractivity contribution in [3.05, 3.63) is 67.2 Å². The third-order valence-corrected chi connectivity index (χ3v) is 4.50. The molecule has 2 amide bonds. The second-order valence-corrected chi connectivity index (χ2v) is 6.88. The molecule has 0 saturated carbocycles. The molecule has 5 nitrogen and oxygen atoms in total. The highest BCUT2D eigenvalue weighted by molar-refractivity contribution is 14.1. The Labute approximate surface area is 167 Å². The lowest BCUT2D eigenvalue weighted by Gasteiger charge is -2.12. The van der Waals surface area contributed by atoms with E-state index in [1.807, 2.05) is 28.7 Å². The zero-order valence-corrected chi connectivity index (χ0v) is 16.4. The average molecular weight is 494 g/mol. The number of benzene rings is 2. The molecule has 9 heteroatoms. The fourth-order valence-corrected chi connectivity index (χ4v) is 2.97. The third kappa shape index (κ3) is 5.04. The monoisotopic (exact) mass is 493 g/mol. The topological polar surface area (TPSA) is 70.2 Å². The molecule has 0 aliphatic carbocycles. The van der Waals surface area contributed by atoms with Gasteiger partial charge < -0.3 is 0 Å². The van der Waals surface area contributed by atoms with Crippen LogP contribution in [0, 0.1) is 3.57 Å². The summed E-state index contributed by atoms with van der Waals surface area (Å²) < 4.78 is 0.785. The largest absolute Gasteiger partial charge is 0.298 e. The van der Waals surface area contributed by atoms with Crippen molar-refractivity contribution in [2.24, 2.45) is 0 Å². The Balaban J connectivity index is 1.92. The minimum atomic E-state index is -0.512. The van der Waals surface area contributed by atoms with E-state index in [1.54, 1.807) is 24.3 Å². The first-order valence-corrected chi connectivity index (χ1v) is 8.74. The van der Waals surface area contributed by atoms with Gasteiger partial charge in [0.1, 0.15) is 0 Å². The highest BCUT2D eigenvalue weighted by Gasteiger charge is 2.13. The van der Waals surface area contributed by atoms with Crippen LogP contribution in [-0.4, -0.2) is 16.9 Å². The Morgan fingerprint density at radius 1 is 0.958 bits per heavy atom. The van der Waals surface area contributed by atoms with Gasteiger partial charge in [-0.25, -0.2) is 0 Å². The smallest absolute Gasteiger partial charge is 0.271 e. The van der Waals surface area contributed by atoms with Crippen LogP contribution in [0.25, 0.3) is 0 Å². The third-order valence-electron chi connectivity index (χ3n) is 2.81. The molecule has 0 heterocycles. The summed E-state index contributed by atoms with van der Waals surface area (Å²) >= 11 is 18.8. The van der Waals surface area contributed by atoms with E-state index < -0.39 is 5.91 Å². The molecule has 0 aliphatic rings. The molecule has 3 N–H and O–H groups in total. The van der Waals surface area contributed by atoms with Crippen molar-refractivity contribution in [2.45, 2.75) is 0 Å². The van der Waals surface area contributed by atoms with Crippen molar-refractivity contribution in [1.82, 2.24) is 16.2 Å². The van der Waals surface area contributed by atoms with Gasteiger partial charge in [-0.1, -0.05) is 35.3 Å². The fraction of sp³-hybridized carbons (Fsp3) is 0. The number of hydrogen-bond acceptors (Lipinski definition) is 3. The minimum absolute atomic E-state index is 0.0434. The van der Waals surface area contributed by atoms with E-state index in [-0.39, 0.29) is 21.6 Å². The van der Waals surface area contributed by atoms with Gasteiger partial charge in [0.15, 0.2) is 5.11 Å². The number of amides is 2. The van der Waals surface area contributed by atoms with Crippen LogP contribution >= 0.6 is 58.0 Å². The number of carbonyl (C=O) groups is 2. The van der Waals surface area contributed by atoms with Crippen molar-refractivity contribution >= 4 is 74.9 Å². The molecule has 2 rings (SSSR count). The fourth-order valence-electron chi connectivity index (χ4n) is 1.70. The number of carbonyl (C=O) groups excluding carboxylic acids is 2. The maximum absolute atomic E-state index is 12.1. The van der Waals surface area contributed by atoms with Gasteiger partial charge in [-0.3, -0.25) is 25.8 Å². The zero-order chi connectivity index (χ0) is 17.7. The number of rotatable bonds is 2. The van der Waals surface area contributed by atoms with Gasteiger partial charge >= 0.3 is 0 Å². The predicted molar refractivity (Wildman–Crippen MR) is 106 cm³/mol. The van der Waals surface area contributed by atoms with Crippen LogP contribution < -0.4 is 16.2 Å². The molecule has 0 aliphatic heterocycles. The number of thiocarbonyl (C=S) groups is 1. The lowest BCUT2D eigenvalue weighted by Crippen LogP contribution is -2.48. The van der Waals surface area contributed by atoms with Crippen LogP contribution in [0.3, 0.4) is 0 Å². The maximum atomic E-state index is 12.1. The number of nitrogens with one attached hydrogen (secondary N) is 3. The minimum Gasteiger partial charge on any atom is -0.298 e. The second-order valence-electron chi connectivity index (χ2n) is 4.47.